The largest absolute Gasteiger partial charge is 0.469 e. The highest BCUT2D eigenvalue weighted by molar-refractivity contribution is 5.77. The summed E-state index contributed by atoms with van der Waals surface area (Å²) < 4.78 is 10.3. The second-order valence-electron chi connectivity index (χ2n) is 4.19. The molecule has 4 heteroatoms. The molecule has 0 radical (unpaired) electrons. The maximum Gasteiger partial charge on any atom is 0.306 e. The van der Waals surface area contributed by atoms with Crippen LogP contribution in [0.25, 0.3) is 11.0 Å². The van der Waals surface area contributed by atoms with E-state index in [1.807, 2.05) is 37.3 Å². The Bertz CT molecular complexity index is 500. The lowest BCUT2D eigenvalue weighted by Gasteiger charge is -2.10. The summed E-state index contributed by atoms with van der Waals surface area (Å²) in [4.78, 5) is 11.0. The van der Waals surface area contributed by atoms with Crippen molar-refractivity contribution in [2.45, 2.75) is 19.4 Å². The smallest absolute Gasteiger partial charge is 0.306 e. The highest BCUT2D eigenvalue weighted by Gasteiger charge is 2.11. The van der Waals surface area contributed by atoms with Gasteiger partial charge in [0.15, 0.2) is 0 Å². The van der Waals surface area contributed by atoms with E-state index >= 15 is 0 Å². The fourth-order valence-corrected chi connectivity index (χ4v) is 1.81. The first kappa shape index (κ1) is 12.6. The third-order valence-electron chi connectivity index (χ3n) is 2.88. The van der Waals surface area contributed by atoms with Gasteiger partial charge in [-0.1, -0.05) is 18.2 Å². The standard InChI is InChI=1S/C14H17NO3/c1-10(15-8-7-14(16)17-2)13-9-11-5-3-4-6-12(11)18-13/h3-6,9-10,15H,7-8H2,1-2H3. The number of esters is 1. The van der Waals surface area contributed by atoms with Gasteiger partial charge in [0.2, 0.25) is 0 Å². The van der Waals surface area contributed by atoms with Crippen LogP contribution < -0.4 is 5.32 Å². The molecule has 96 valence electrons. The quantitative estimate of drug-likeness (QED) is 0.825. The minimum Gasteiger partial charge on any atom is -0.469 e. The van der Waals surface area contributed by atoms with Crippen molar-refractivity contribution in [2.24, 2.45) is 0 Å². The number of ether oxygens (including phenoxy) is 1. The van der Waals surface area contributed by atoms with Gasteiger partial charge in [0.1, 0.15) is 11.3 Å². The third kappa shape index (κ3) is 2.90. The molecule has 2 rings (SSSR count). The molecule has 0 aliphatic rings. The topological polar surface area (TPSA) is 51.5 Å². The normalized spacial score (nSPS) is 12.6. The fraction of sp³-hybridized carbons (Fsp3) is 0.357. The summed E-state index contributed by atoms with van der Waals surface area (Å²) >= 11 is 0. The van der Waals surface area contributed by atoms with Crippen LogP contribution >= 0.6 is 0 Å². The highest BCUT2D eigenvalue weighted by atomic mass is 16.5. The van der Waals surface area contributed by atoms with Crippen LogP contribution in [0, 0.1) is 0 Å². The molecule has 4 nitrogen and oxygen atoms in total. The molecule has 1 unspecified atom stereocenters. The molecule has 1 N–H and O–H groups in total. The van der Waals surface area contributed by atoms with Gasteiger partial charge in [0.25, 0.3) is 0 Å². The lowest BCUT2D eigenvalue weighted by atomic mass is 10.2. The van der Waals surface area contributed by atoms with Gasteiger partial charge in [-0.2, -0.15) is 0 Å². The number of methoxy groups -OCH3 is 1. The van der Waals surface area contributed by atoms with Gasteiger partial charge < -0.3 is 14.5 Å². The van der Waals surface area contributed by atoms with Gasteiger partial charge >= 0.3 is 5.97 Å². The van der Waals surface area contributed by atoms with E-state index in [-0.39, 0.29) is 12.0 Å². The zero-order valence-corrected chi connectivity index (χ0v) is 10.6. The lowest BCUT2D eigenvalue weighted by Crippen LogP contribution is -2.22. The maximum atomic E-state index is 11.0. The molecule has 1 atom stereocenters. The molecule has 0 aliphatic heterocycles. The van der Waals surface area contributed by atoms with Gasteiger partial charge in [0.05, 0.1) is 19.6 Å². The Kier molecular flexibility index (Phi) is 3.99. The molecule has 0 bridgehead atoms. The molecule has 0 amide bonds. The molecule has 0 saturated heterocycles. The zero-order chi connectivity index (χ0) is 13.0. The van der Waals surface area contributed by atoms with Gasteiger partial charge in [-0.05, 0) is 19.1 Å². The van der Waals surface area contributed by atoms with E-state index in [4.69, 9.17) is 4.42 Å². The summed E-state index contributed by atoms with van der Waals surface area (Å²) in [5, 5.41) is 4.32. The van der Waals surface area contributed by atoms with Crippen molar-refractivity contribution < 1.29 is 13.9 Å². The average molecular weight is 247 g/mol. The summed E-state index contributed by atoms with van der Waals surface area (Å²) in [6.07, 6.45) is 0.362. The molecule has 1 aromatic carbocycles. The monoisotopic (exact) mass is 247 g/mol. The van der Waals surface area contributed by atoms with Crippen LogP contribution in [0.5, 0.6) is 0 Å². The van der Waals surface area contributed by atoms with Gasteiger partial charge in [-0.25, -0.2) is 0 Å². The predicted molar refractivity (Wildman–Crippen MR) is 69.3 cm³/mol. The van der Waals surface area contributed by atoms with Crippen molar-refractivity contribution in [2.75, 3.05) is 13.7 Å². The number of carbonyl (C=O) groups is 1. The second-order valence-corrected chi connectivity index (χ2v) is 4.19. The van der Waals surface area contributed by atoms with Crippen LogP contribution in [-0.2, 0) is 9.53 Å². The van der Waals surface area contributed by atoms with E-state index in [9.17, 15) is 4.79 Å². The van der Waals surface area contributed by atoms with Crippen molar-refractivity contribution in [3.8, 4) is 0 Å². The Labute approximate surface area is 106 Å². The Hall–Kier alpha value is -1.81. The Morgan fingerprint density at radius 3 is 2.94 bits per heavy atom. The SMILES string of the molecule is COC(=O)CCNC(C)c1cc2ccccc2o1. The van der Waals surface area contributed by atoms with Crippen molar-refractivity contribution >= 4 is 16.9 Å². The zero-order valence-electron chi connectivity index (χ0n) is 10.6. The molecule has 1 aromatic heterocycles. The molecule has 1 heterocycles. The van der Waals surface area contributed by atoms with Crippen LogP contribution in [0.15, 0.2) is 34.7 Å². The van der Waals surface area contributed by atoms with Crippen LogP contribution in [-0.4, -0.2) is 19.6 Å². The van der Waals surface area contributed by atoms with Crippen molar-refractivity contribution in [1.29, 1.82) is 0 Å². The van der Waals surface area contributed by atoms with Crippen molar-refractivity contribution in [1.82, 2.24) is 5.32 Å². The summed E-state index contributed by atoms with van der Waals surface area (Å²) in [5.74, 6) is 0.667. The first-order valence-electron chi connectivity index (χ1n) is 5.99. The highest BCUT2D eigenvalue weighted by Crippen LogP contribution is 2.23. The first-order chi connectivity index (χ1) is 8.70. The van der Waals surface area contributed by atoms with Gasteiger partial charge in [-0.15, -0.1) is 0 Å². The molecule has 2 aromatic rings. The predicted octanol–water partition coefficient (Wildman–Crippen LogP) is 2.65. The number of benzene rings is 1. The number of fused-ring (bicyclic) bond motifs is 1. The summed E-state index contributed by atoms with van der Waals surface area (Å²) in [5.41, 5.74) is 0.883. The number of nitrogens with one attached hydrogen (secondary N) is 1. The van der Waals surface area contributed by atoms with E-state index in [2.05, 4.69) is 10.1 Å². The molecule has 0 saturated carbocycles. The number of para-hydroxylation sites is 1. The number of hydrogen-bond donors (Lipinski definition) is 1. The van der Waals surface area contributed by atoms with Gasteiger partial charge in [-0.3, -0.25) is 4.79 Å². The summed E-state index contributed by atoms with van der Waals surface area (Å²) in [6.45, 7) is 2.58. The van der Waals surface area contributed by atoms with Crippen LogP contribution in [0.4, 0.5) is 0 Å². The minimum absolute atomic E-state index is 0.0713. The number of carbonyl (C=O) groups excluding carboxylic acids is 1. The van der Waals surface area contributed by atoms with Gasteiger partial charge in [0, 0.05) is 11.9 Å². The fourth-order valence-electron chi connectivity index (χ4n) is 1.81. The number of furan rings is 1. The van der Waals surface area contributed by atoms with Crippen molar-refractivity contribution in [3.63, 3.8) is 0 Å². The van der Waals surface area contributed by atoms with E-state index in [1.165, 1.54) is 7.11 Å². The average Bonchev–Trinajstić information content (AvgIpc) is 2.82. The maximum absolute atomic E-state index is 11.0. The molecule has 0 spiro atoms. The molecule has 18 heavy (non-hydrogen) atoms. The van der Waals surface area contributed by atoms with E-state index < -0.39 is 0 Å². The van der Waals surface area contributed by atoms with E-state index in [0.29, 0.717) is 13.0 Å². The number of hydrogen-bond acceptors (Lipinski definition) is 4. The van der Waals surface area contributed by atoms with E-state index in [0.717, 1.165) is 16.7 Å². The van der Waals surface area contributed by atoms with E-state index in [1.54, 1.807) is 0 Å². The molecular formula is C14H17NO3. The van der Waals surface area contributed by atoms with Crippen LogP contribution in [0.3, 0.4) is 0 Å². The molecule has 0 aliphatic carbocycles. The minimum atomic E-state index is -0.209. The van der Waals surface area contributed by atoms with Crippen LogP contribution in [0.1, 0.15) is 25.1 Å². The number of rotatable bonds is 5. The third-order valence-corrected chi connectivity index (χ3v) is 2.88. The Balaban J connectivity index is 1.96. The Morgan fingerprint density at radius 1 is 1.44 bits per heavy atom. The first-order valence-corrected chi connectivity index (χ1v) is 5.99. The Morgan fingerprint density at radius 2 is 2.22 bits per heavy atom. The molecular weight excluding hydrogens is 230 g/mol. The van der Waals surface area contributed by atoms with Crippen LogP contribution in [0.2, 0.25) is 0 Å². The summed E-state index contributed by atoms with van der Waals surface area (Å²) in [7, 11) is 1.39. The molecule has 0 fully saturated rings. The van der Waals surface area contributed by atoms with Crippen molar-refractivity contribution in [3.05, 3.63) is 36.1 Å². The lowest BCUT2D eigenvalue weighted by molar-refractivity contribution is -0.140. The summed E-state index contributed by atoms with van der Waals surface area (Å²) in [6, 6.07) is 9.98. The second kappa shape index (κ2) is 5.69.